The summed E-state index contributed by atoms with van der Waals surface area (Å²) in [6.07, 6.45) is 0. The Labute approximate surface area is 113 Å². The normalized spacial score (nSPS) is 11.7. The standard InChI is InChI=1S/C12H14F4O4/c1-7(2)9(17)19-5-11(13,14)12(15,16)6-20-10(18)8(3)4/h1,3,5-6H2,2,4H3. The lowest BCUT2D eigenvalue weighted by Gasteiger charge is -2.25. The number of halogens is 4. The van der Waals surface area contributed by atoms with Gasteiger partial charge in [-0.2, -0.15) is 17.6 Å². The number of hydrogen-bond acceptors (Lipinski definition) is 4. The minimum Gasteiger partial charge on any atom is -0.456 e. The molecule has 0 amide bonds. The zero-order chi connectivity index (χ0) is 16.1. The van der Waals surface area contributed by atoms with Gasteiger partial charge in [0, 0.05) is 11.1 Å². The molecule has 0 aromatic carbocycles. The van der Waals surface area contributed by atoms with Gasteiger partial charge in [-0.15, -0.1) is 0 Å². The van der Waals surface area contributed by atoms with Crippen LogP contribution in [0, 0.1) is 0 Å². The number of alkyl halides is 4. The molecule has 0 fully saturated rings. The number of rotatable bonds is 7. The summed E-state index contributed by atoms with van der Waals surface area (Å²) >= 11 is 0. The molecule has 0 spiro atoms. The van der Waals surface area contributed by atoms with E-state index in [1.54, 1.807) is 0 Å². The Morgan fingerprint density at radius 1 is 0.850 bits per heavy atom. The van der Waals surface area contributed by atoms with Crippen LogP contribution in [-0.2, 0) is 19.1 Å². The largest absolute Gasteiger partial charge is 0.456 e. The van der Waals surface area contributed by atoms with E-state index < -0.39 is 37.0 Å². The second kappa shape index (κ2) is 6.53. The van der Waals surface area contributed by atoms with Gasteiger partial charge in [-0.05, 0) is 13.8 Å². The second-order valence-electron chi connectivity index (χ2n) is 4.12. The van der Waals surface area contributed by atoms with Gasteiger partial charge in [0.2, 0.25) is 0 Å². The van der Waals surface area contributed by atoms with Crippen LogP contribution < -0.4 is 0 Å². The first-order chi connectivity index (χ1) is 8.90. The topological polar surface area (TPSA) is 52.6 Å². The summed E-state index contributed by atoms with van der Waals surface area (Å²) in [6, 6.07) is 0. The zero-order valence-corrected chi connectivity index (χ0v) is 11.0. The van der Waals surface area contributed by atoms with E-state index in [1.807, 2.05) is 0 Å². The van der Waals surface area contributed by atoms with E-state index in [-0.39, 0.29) is 11.1 Å². The molecule has 0 bridgehead atoms. The molecule has 0 heterocycles. The molecular weight excluding hydrogens is 284 g/mol. The Balaban J connectivity index is 4.63. The van der Waals surface area contributed by atoms with Crippen LogP contribution in [0.4, 0.5) is 17.6 Å². The Morgan fingerprint density at radius 2 is 1.10 bits per heavy atom. The summed E-state index contributed by atoms with van der Waals surface area (Å²) in [4.78, 5) is 21.7. The summed E-state index contributed by atoms with van der Waals surface area (Å²) < 4.78 is 60.8. The molecule has 0 saturated heterocycles. The van der Waals surface area contributed by atoms with Gasteiger partial charge in [0.05, 0.1) is 0 Å². The van der Waals surface area contributed by atoms with Crippen molar-refractivity contribution < 1.29 is 36.6 Å². The molecule has 0 atom stereocenters. The minimum atomic E-state index is -4.69. The first-order valence-electron chi connectivity index (χ1n) is 5.31. The summed E-state index contributed by atoms with van der Waals surface area (Å²) in [5.74, 6) is -11.8. The van der Waals surface area contributed by atoms with Crippen LogP contribution >= 0.6 is 0 Å². The Hall–Kier alpha value is -1.86. The lowest BCUT2D eigenvalue weighted by Crippen LogP contribution is -2.48. The monoisotopic (exact) mass is 298 g/mol. The van der Waals surface area contributed by atoms with Crippen LogP contribution in [0.1, 0.15) is 13.8 Å². The fraction of sp³-hybridized carbons (Fsp3) is 0.500. The molecule has 0 radical (unpaired) electrons. The van der Waals surface area contributed by atoms with Gasteiger partial charge in [0.25, 0.3) is 0 Å². The summed E-state index contributed by atoms with van der Waals surface area (Å²) in [7, 11) is 0. The Kier molecular flexibility index (Phi) is 5.93. The van der Waals surface area contributed by atoms with Crippen molar-refractivity contribution in [3.8, 4) is 0 Å². The van der Waals surface area contributed by atoms with Crippen LogP contribution in [0.2, 0.25) is 0 Å². The van der Waals surface area contributed by atoms with Crippen molar-refractivity contribution in [2.75, 3.05) is 13.2 Å². The smallest absolute Gasteiger partial charge is 0.346 e. The molecule has 0 rings (SSSR count). The summed E-state index contributed by atoms with van der Waals surface area (Å²) in [6.45, 7) is 4.87. The molecule has 20 heavy (non-hydrogen) atoms. The van der Waals surface area contributed by atoms with E-state index >= 15 is 0 Å². The van der Waals surface area contributed by atoms with E-state index in [9.17, 15) is 27.2 Å². The highest BCUT2D eigenvalue weighted by Gasteiger charge is 2.58. The van der Waals surface area contributed by atoms with Gasteiger partial charge in [0.1, 0.15) is 0 Å². The number of carbonyl (C=O) groups is 2. The fourth-order valence-corrected chi connectivity index (χ4v) is 0.770. The van der Waals surface area contributed by atoms with Crippen molar-refractivity contribution in [1.29, 1.82) is 0 Å². The van der Waals surface area contributed by atoms with Crippen molar-refractivity contribution in [2.24, 2.45) is 0 Å². The van der Waals surface area contributed by atoms with Crippen molar-refractivity contribution in [2.45, 2.75) is 25.7 Å². The summed E-state index contributed by atoms with van der Waals surface area (Å²) in [5.41, 5.74) is -0.421. The molecule has 0 saturated carbocycles. The van der Waals surface area contributed by atoms with E-state index in [2.05, 4.69) is 22.6 Å². The molecule has 0 unspecified atom stereocenters. The quantitative estimate of drug-likeness (QED) is 0.412. The van der Waals surface area contributed by atoms with Gasteiger partial charge in [-0.25, -0.2) is 9.59 Å². The first-order valence-corrected chi connectivity index (χ1v) is 5.31. The van der Waals surface area contributed by atoms with E-state index in [1.165, 1.54) is 13.8 Å². The number of hydrogen-bond donors (Lipinski definition) is 0. The van der Waals surface area contributed by atoms with Crippen LogP contribution in [-0.4, -0.2) is 37.0 Å². The zero-order valence-electron chi connectivity index (χ0n) is 11.0. The third-order valence-corrected chi connectivity index (χ3v) is 2.00. The predicted molar refractivity (Wildman–Crippen MR) is 61.4 cm³/mol. The lowest BCUT2D eigenvalue weighted by atomic mass is 10.2. The predicted octanol–water partition coefficient (Wildman–Crippen LogP) is 2.50. The maximum Gasteiger partial charge on any atom is 0.346 e. The third kappa shape index (κ3) is 5.02. The highest BCUT2D eigenvalue weighted by atomic mass is 19.3. The van der Waals surface area contributed by atoms with Crippen molar-refractivity contribution >= 4 is 11.9 Å². The molecule has 114 valence electrons. The van der Waals surface area contributed by atoms with Crippen LogP contribution in [0.25, 0.3) is 0 Å². The molecule has 0 aliphatic heterocycles. The van der Waals surface area contributed by atoms with Crippen molar-refractivity contribution in [3.05, 3.63) is 24.3 Å². The molecule has 4 nitrogen and oxygen atoms in total. The summed E-state index contributed by atoms with van der Waals surface area (Å²) in [5, 5.41) is 0. The lowest BCUT2D eigenvalue weighted by molar-refractivity contribution is -0.246. The first kappa shape index (κ1) is 18.1. The Bertz CT molecular complexity index is 389. The molecule has 0 aromatic rings. The second-order valence-corrected chi connectivity index (χ2v) is 4.12. The Morgan fingerprint density at radius 3 is 1.30 bits per heavy atom. The van der Waals surface area contributed by atoms with Gasteiger partial charge in [0.15, 0.2) is 13.2 Å². The number of carbonyl (C=O) groups excluding carboxylic acids is 2. The average Bonchev–Trinajstić information content (AvgIpc) is 2.32. The van der Waals surface area contributed by atoms with Gasteiger partial charge >= 0.3 is 23.8 Å². The van der Waals surface area contributed by atoms with Crippen LogP contribution in [0.3, 0.4) is 0 Å². The highest BCUT2D eigenvalue weighted by Crippen LogP contribution is 2.35. The van der Waals surface area contributed by atoms with Crippen LogP contribution in [0.5, 0.6) is 0 Å². The SMILES string of the molecule is C=C(C)C(=O)OCC(F)(F)C(F)(F)COC(=O)C(=C)C. The fourth-order valence-electron chi connectivity index (χ4n) is 0.770. The molecule has 0 aliphatic carbocycles. The van der Waals surface area contributed by atoms with Crippen molar-refractivity contribution in [3.63, 3.8) is 0 Å². The minimum absolute atomic E-state index is 0.210. The molecule has 0 aromatic heterocycles. The van der Waals surface area contributed by atoms with Gasteiger partial charge < -0.3 is 9.47 Å². The van der Waals surface area contributed by atoms with Gasteiger partial charge in [-0.1, -0.05) is 13.2 Å². The molecular formula is C12H14F4O4. The van der Waals surface area contributed by atoms with Crippen molar-refractivity contribution in [1.82, 2.24) is 0 Å². The third-order valence-electron chi connectivity index (χ3n) is 2.00. The molecule has 0 aliphatic rings. The highest BCUT2D eigenvalue weighted by molar-refractivity contribution is 5.87. The number of esters is 2. The van der Waals surface area contributed by atoms with Crippen LogP contribution in [0.15, 0.2) is 24.3 Å². The maximum atomic E-state index is 13.2. The van der Waals surface area contributed by atoms with E-state index in [4.69, 9.17) is 0 Å². The molecule has 8 heteroatoms. The average molecular weight is 298 g/mol. The molecule has 0 N–H and O–H groups in total. The van der Waals surface area contributed by atoms with E-state index in [0.29, 0.717) is 0 Å². The van der Waals surface area contributed by atoms with Gasteiger partial charge in [-0.3, -0.25) is 0 Å². The number of ether oxygens (including phenoxy) is 2. The van der Waals surface area contributed by atoms with E-state index in [0.717, 1.165) is 0 Å². The maximum absolute atomic E-state index is 13.2.